The molecule has 0 radical (unpaired) electrons. The molecule has 1 saturated heterocycles. The molecule has 0 bridgehead atoms. The fourth-order valence-corrected chi connectivity index (χ4v) is 3.74. The van der Waals surface area contributed by atoms with Crippen LogP contribution < -0.4 is 5.32 Å². The van der Waals surface area contributed by atoms with Crippen molar-refractivity contribution < 1.29 is 9.32 Å². The van der Waals surface area contributed by atoms with Crippen molar-refractivity contribution in [1.29, 1.82) is 0 Å². The minimum absolute atomic E-state index is 0.0121. The molecule has 0 saturated carbocycles. The predicted octanol–water partition coefficient (Wildman–Crippen LogP) is 2.12. The minimum atomic E-state index is -0.0814. The number of aryl methyl sites for hydroxylation is 3. The lowest BCUT2D eigenvalue weighted by Gasteiger charge is -2.18. The monoisotopic (exact) mass is 380 g/mol. The number of amides is 1. The van der Waals surface area contributed by atoms with Gasteiger partial charge < -0.3 is 9.84 Å². The van der Waals surface area contributed by atoms with E-state index in [0.717, 1.165) is 41.8 Å². The molecule has 3 aromatic rings. The van der Waals surface area contributed by atoms with Gasteiger partial charge >= 0.3 is 0 Å². The van der Waals surface area contributed by atoms with Gasteiger partial charge in [0.05, 0.1) is 17.7 Å². The zero-order valence-corrected chi connectivity index (χ0v) is 16.3. The number of benzene rings is 1. The summed E-state index contributed by atoms with van der Waals surface area (Å²) in [5.74, 6) is 2.27. The van der Waals surface area contributed by atoms with E-state index in [1.165, 1.54) is 0 Å². The second-order valence-corrected chi connectivity index (χ2v) is 7.33. The van der Waals surface area contributed by atoms with Crippen molar-refractivity contribution in [3.63, 3.8) is 0 Å². The summed E-state index contributed by atoms with van der Waals surface area (Å²) in [6, 6.07) is 9.18. The molecule has 2 aromatic heterocycles. The molecule has 0 unspecified atom stereocenters. The van der Waals surface area contributed by atoms with E-state index in [0.29, 0.717) is 12.1 Å². The second kappa shape index (κ2) is 7.55. The summed E-state index contributed by atoms with van der Waals surface area (Å²) in [5, 5.41) is 14.5. The first kappa shape index (κ1) is 18.4. The van der Waals surface area contributed by atoms with Crippen LogP contribution in [0.5, 0.6) is 0 Å². The summed E-state index contributed by atoms with van der Waals surface area (Å²) in [4.78, 5) is 19.5. The maximum atomic E-state index is 12.7. The highest BCUT2D eigenvalue weighted by molar-refractivity contribution is 5.94. The lowest BCUT2D eigenvalue weighted by Crippen LogP contribution is -2.40. The fraction of sp³-hybridized carbons (Fsp3) is 0.400. The Labute approximate surface area is 163 Å². The number of rotatable bonds is 5. The number of aromatic amines is 1. The van der Waals surface area contributed by atoms with E-state index in [-0.39, 0.29) is 17.9 Å². The van der Waals surface area contributed by atoms with Crippen LogP contribution in [0.15, 0.2) is 34.9 Å². The van der Waals surface area contributed by atoms with Gasteiger partial charge in [-0.2, -0.15) is 5.10 Å². The van der Waals surface area contributed by atoms with Crippen LogP contribution in [0.25, 0.3) is 0 Å². The first-order valence-corrected chi connectivity index (χ1v) is 9.40. The quantitative estimate of drug-likeness (QED) is 0.703. The Kier molecular flexibility index (Phi) is 4.95. The number of hydrogen-bond donors (Lipinski definition) is 2. The van der Waals surface area contributed by atoms with Crippen LogP contribution in [-0.4, -0.2) is 50.3 Å². The van der Waals surface area contributed by atoms with Crippen LogP contribution in [0.2, 0.25) is 0 Å². The summed E-state index contributed by atoms with van der Waals surface area (Å²) < 4.78 is 5.29. The molecule has 2 atom stereocenters. The highest BCUT2D eigenvalue weighted by atomic mass is 16.5. The lowest BCUT2D eigenvalue weighted by molar-refractivity contribution is 0.0934. The molecule has 1 amide bonds. The summed E-state index contributed by atoms with van der Waals surface area (Å²) in [5.41, 5.74) is 2.65. The topological polar surface area (TPSA) is 99.9 Å². The maximum absolute atomic E-state index is 12.7. The van der Waals surface area contributed by atoms with Crippen LogP contribution in [0, 0.1) is 20.8 Å². The SMILES string of the molecule is Cc1nc([C@@H]2CN(Cc3c(C)noc3C)C[C@H]2NC(=O)c2ccccc2)n[nH]1. The standard InChI is InChI=1S/C20H24N6O2/c1-12-16(13(2)28-25-12)9-26-10-17(19-21-14(3)23-24-19)18(11-26)22-20(27)15-7-5-4-6-8-15/h4-8,17-18H,9-11H2,1-3H3,(H,22,27)(H,21,23,24)/t17-,18-/m1/s1. The summed E-state index contributed by atoms with van der Waals surface area (Å²) >= 11 is 0. The Morgan fingerprint density at radius 2 is 2.04 bits per heavy atom. The summed E-state index contributed by atoms with van der Waals surface area (Å²) in [7, 11) is 0. The number of aromatic nitrogens is 4. The number of nitrogens with one attached hydrogen (secondary N) is 2. The first-order chi connectivity index (χ1) is 13.5. The molecule has 3 heterocycles. The van der Waals surface area contributed by atoms with Gasteiger partial charge in [0, 0.05) is 30.8 Å². The van der Waals surface area contributed by atoms with Gasteiger partial charge in [0.1, 0.15) is 11.6 Å². The molecule has 1 aliphatic rings. The van der Waals surface area contributed by atoms with E-state index < -0.39 is 0 Å². The first-order valence-electron chi connectivity index (χ1n) is 9.40. The minimum Gasteiger partial charge on any atom is -0.361 e. The van der Waals surface area contributed by atoms with E-state index in [2.05, 4.69) is 30.6 Å². The fourth-order valence-electron chi connectivity index (χ4n) is 3.74. The molecule has 0 spiro atoms. The maximum Gasteiger partial charge on any atom is 0.251 e. The van der Waals surface area contributed by atoms with Crippen molar-refractivity contribution in [1.82, 2.24) is 30.6 Å². The molecule has 28 heavy (non-hydrogen) atoms. The molecule has 146 valence electrons. The average Bonchev–Trinajstić information content (AvgIpc) is 3.38. The van der Waals surface area contributed by atoms with Gasteiger partial charge in [0.15, 0.2) is 5.82 Å². The van der Waals surface area contributed by atoms with Crippen LogP contribution >= 0.6 is 0 Å². The number of H-pyrrole nitrogens is 1. The van der Waals surface area contributed by atoms with Crippen molar-refractivity contribution in [3.8, 4) is 0 Å². The van der Waals surface area contributed by atoms with E-state index in [1.54, 1.807) is 0 Å². The van der Waals surface area contributed by atoms with Gasteiger partial charge in [-0.1, -0.05) is 23.4 Å². The van der Waals surface area contributed by atoms with Gasteiger partial charge in [-0.25, -0.2) is 4.98 Å². The largest absolute Gasteiger partial charge is 0.361 e. The van der Waals surface area contributed by atoms with Crippen molar-refractivity contribution in [2.24, 2.45) is 0 Å². The molecular formula is C20H24N6O2. The van der Waals surface area contributed by atoms with Crippen LogP contribution in [0.1, 0.15) is 44.9 Å². The van der Waals surface area contributed by atoms with Crippen molar-refractivity contribution >= 4 is 5.91 Å². The molecule has 8 nitrogen and oxygen atoms in total. The lowest BCUT2D eigenvalue weighted by atomic mass is 10.0. The molecule has 8 heteroatoms. The smallest absolute Gasteiger partial charge is 0.251 e. The van der Waals surface area contributed by atoms with Gasteiger partial charge in [-0.15, -0.1) is 0 Å². The third-order valence-corrected chi connectivity index (χ3v) is 5.26. The Morgan fingerprint density at radius 3 is 2.68 bits per heavy atom. The van der Waals surface area contributed by atoms with Crippen molar-refractivity contribution in [2.75, 3.05) is 13.1 Å². The third kappa shape index (κ3) is 3.68. The number of hydrogen-bond acceptors (Lipinski definition) is 6. The average molecular weight is 380 g/mol. The summed E-state index contributed by atoms with van der Waals surface area (Å²) in [6.07, 6.45) is 0. The molecule has 1 aliphatic heterocycles. The molecular weight excluding hydrogens is 356 g/mol. The zero-order chi connectivity index (χ0) is 19.7. The predicted molar refractivity (Wildman–Crippen MR) is 103 cm³/mol. The number of nitrogens with zero attached hydrogens (tertiary/aromatic N) is 4. The highest BCUT2D eigenvalue weighted by Gasteiger charge is 2.37. The Hall–Kier alpha value is -3.00. The Morgan fingerprint density at radius 1 is 1.25 bits per heavy atom. The van der Waals surface area contributed by atoms with Gasteiger partial charge in [-0.3, -0.25) is 14.8 Å². The van der Waals surface area contributed by atoms with Crippen LogP contribution in [-0.2, 0) is 6.54 Å². The molecule has 2 N–H and O–H groups in total. The molecule has 1 fully saturated rings. The zero-order valence-electron chi connectivity index (χ0n) is 16.3. The molecule has 4 rings (SSSR count). The Bertz CT molecular complexity index is 945. The van der Waals surface area contributed by atoms with Crippen LogP contribution in [0.4, 0.5) is 0 Å². The Balaban J connectivity index is 1.54. The molecule has 1 aromatic carbocycles. The highest BCUT2D eigenvalue weighted by Crippen LogP contribution is 2.28. The normalized spacial score (nSPS) is 19.8. The number of carbonyl (C=O) groups excluding carboxylic acids is 1. The third-order valence-electron chi connectivity index (χ3n) is 5.26. The van der Waals surface area contributed by atoms with E-state index in [1.807, 2.05) is 51.1 Å². The van der Waals surface area contributed by atoms with Gasteiger partial charge in [0.25, 0.3) is 5.91 Å². The second-order valence-electron chi connectivity index (χ2n) is 7.33. The van der Waals surface area contributed by atoms with Gasteiger partial charge in [0.2, 0.25) is 0 Å². The number of carbonyl (C=O) groups is 1. The number of likely N-dealkylation sites (tertiary alicyclic amines) is 1. The molecule has 0 aliphatic carbocycles. The van der Waals surface area contributed by atoms with E-state index >= 15 is 0 Å². The van der Waals surface area contributed by atoms with Gasteiger partial charge in [-0.05, 0) is 32.9 Å². The van der Waals surface area contributed by atoms with E-state index in [9.17, 15) is 4.79 Å². The van der Waals surface area contributed by atoms with E-state index in [4.69, 9.17) is 4.52 Å². The van der Waals surface area contributed by atoms with Crippen molar-refractivity contribution in [3.05, 3.63) is 64.6 Å². The van der Waals surface area contributed by atoms with Crippen LogP contribution in [0.3, 0.4) is 0 Å². The van der Waals surface area contributed by atoms with Crippen molar-refractivity contribution in [2.45, 2.75) is 39.3 Å². The summed E-state index contributed by atoms with van der Waals surface area (Å²) in [6.45, 7) is 7.94.